The molecule has 3 rings (SSSR count). The van der Waals surface area contributed by atoms with Crippen LogP contribution in [0.25, 0.3) is 22.4 Å². The quantitative estimate of drug-likeness (QED) is 0.673. The summed E-state index contributed by atoms with van der Waals surface area (Å²) in [6, 6.07) is 12.0. The summed E-state index contributed by atoms with van der Waals surface area (Å²) < 4.78 is 13.9. The number of thiazole rings is 1. The summed E-state index contributed by atoms with van der Waals surface area (Å²) >= 11 is 1.42. The van der Waals surface area contributed by atoms with Gasteiger partial charge in [0.1, 0.15) is 5.82 Å². The van der Waals surface area contributed by atoms with E-state index in [9.17, 15) is 9.18 Å². The van der Waals surface area contributed by atoms with Crippen LogP contribution < -0.4 is 10.6 Å². The van der Waals surface area contributed by atoms with E-state index < -0.39 is 0 Å². The second-order valence-corrected chi connectivity index (χ2v) is 6.15. The van der Waals surface area contributed by atoms with Crippen molar-refractivity contribution >= 4 is 44.9 Å². The molecule has 0 bridgehead atoms. The van der Waals surface area contributed by atoms with Gasteiger partial charge in [-0.25, -0.2) is 14.2 Å². The summed E-state index contributed by atoms with van der Waals surface area (Å²) in [6.07, 6.45) is 3.89. The first-order chi connectivity index (χ1) is 11.6. The van der Waals surface area contributed by atoms with Gasteiger partial charge in [-0.1, -0.05) is 41.7 Å². The second-order valence-electron chi connectivity index (χ2n) is 5.12. The Morgan fingerprint density at radius 3 is 2.62 bits per heavy atom. The maximum Gasteiger partial charge on any atom is 0.321 e. The molecule has 4 nitrogen and oxygen atoms in total. The third-order valence-electron chi connectivity index (χ3n) is 3.31. The zero-order chi connectivity index (χ0) is 16.9. The smallest absolute Gasteiger partial charge is 0.321 e. The number of benzene rings is 2. The van der Waals surface area contributed by atoms with Crippen LogP contribution >= 0.6 is 11.3 Å². The summed E-state index contributed by atoms with van der Waals surface area (Å²) in [5.41, 5.74) is 2.78. The lowest BCUT2D eigenvalue weighted by Gasteiger charge is -2.00. The minimum absolute atomic E-state index is 0.245. The lowest BCUT2D eigenvalue weighted by Crippen LogP contribution is -2.28. The van der Waals surface area contributed by atoms with E-state index in [0.29, 0.717) is 11.7 Å². The van der Waals surface area contributed by atoms with Crippen LogP contribution in [0.5, 0.6) is 0 Å². The van der Waals surface area contributed by atoms with E-state index in [-0.39, 0.29) is 11.8 Å². The van der Waals surface area contributed by atoms with Gasteiger partial charge in [0, 0.05) is 6.54 Å². The number of fused-ring (bicyclic) bond motifs is 1. The van der Waals surface area contributed by atoms with Crippen LogP contribution in [0.2, 0.25) is 0 Å². The van der Waals surface area contributed by atoms with Crippen molar-refractivity contribution in [1.82, 2.24) is 10.3 Å². The molecule has 0 aliphatic heterocycles. The highest BCUT2D eigenvalue weighted by molar-refractivity contribution is 7.22. The number of nitrogens with zero attached hydrogens (tertiary/aromatic N) is 1. The number of amides is 2. The summed E-state index contributed by atoms with van der Waals surface area (Å²) in [5.74, 6) is -0.245. The molecule has 0 unspecified atom stereocenters. The molecule has 2 N–H and O–H groups in total. The van der Waals surface area contributed by atoms with Gasteiger partial charge in [0.25, 0.3) is 0 Å². The standard InChI is InChI=1S/C18H16FN3OS/c1-2-20-17(23)22-18-21-15-10-7-13(11-16(15)24-18)4-3-12-5-8-14(19)9-6-12/h3-11H,2H2,1H3,(H2,20,21,22,23). The Balaban J connectivity index is 1.78. The van der Waals surface area contributed by atoms with Crippen LogP contribution in [0.4, 0.5) is 14.3 Å². The average Bonchev–Trinajstić information content (AvgIpc) is 2.95. The topological polar surface area (TPSA) is 54.0 Å². The van der Waals surface area contributed by atoms with E-state index >= 15 is 0 Å². The van der Waals surface area contributed by atoms with E-state index in [1.807, 2.05) is 37.3 Å². The zero-order valence-corrected chi connectivity index (χ0v) is 13.9. The Labute approximate surface area is 143 Å². The van der Waals surface area contributed by atoms with Crippen molar-refractivity contribution in [3.63, 3.8) is 0 Å². The molecule has 1 heterocycles. The first-order valence-corrected chi connectivity index (χ1v) is 8.35. The number of hydrogen-bond acceptors (Lipinski definition) is 3. The summed E-state index contributed by atoms with van der Waals surface area (Å²) in [5, 5.41) is 5.95. The maximum atomic E-state index is 12.9. The Kier molecular flexibility index (Phi) is 4.86. The largest absolute Gasteiger partial charge is 0.338 e. The summed E-state index contributed by atoms with van der Waals surface area (Å²) in [4.78, 5) is 15.9. The maximum absolute atomic E-state index is 12.9. The fraction of sp³-hybridized carbons (Fsp3) is 0.111. The fourth-order valence-electron chi connectivity index (χ4n) is 2.17. The number of nitrogens with one attached hydrogen (secondary N) is 2. The molecule has 0 saturated carbocycles. The molecule has 1 aromatic heterocycles. The van der Waals surface area contributed by atoms with Crippen molar-refractivity contribution < 1.29 is 9.18 Å². The molecule has 0 aliphatic rings. The Morgan fingerprint density at radius 1 is 1.17 bits per heavy atom. The van der Waals surface area contributed by atoms with Crippen molar-refractivity contribution in [2.24, 2.45) is 0 Å². The molecular formula is C18H16FN3OS. The van der Waals surface area contributed by atoms with Gasteiger partial charge in [0.15, 0.2) is 5.13 Å². The minimum Gasteiger partial charge on any atom is -0.338 e. The summed E-state index contributed by atoms with van der Waals surface area (Å²) in [6.45, 7) is 2.42. The van der Waals surface area contributed by atoms with Gasteiger partial charge in [0.2, 0.25) is 0 Å². The molecule has 0 radical (unpaired) electrons. The number of carbonyl (C=O) groups is 1. The summed E-state index contributed by atoms with van der Waals surface area (Å²) in [7, 11) is 0. The van der Waals surface area contributed by atoms with Gasteiger partial charge < -0.3 is 5.32 Å². The predicted molar refractivity (Wildman–Crippen MR) is 97.6 cm³/mol. The molecule has 0 aliphatic carbocycles. The van der Waals surface area contributed by atoms with E-state index in [1.165, 1.54) is 23.5 Å². The number of hydrogen-bond donors (Lipinski definition) is 2. The number of halogens is 1. The minimum atomic E-state index is -0.256. The lowest BCUT2D eigenvalue weighted by molar-refractivity contribution is 0.252. The Morgan fingerprint density at radius 2 is 1.88 bits per heavy atom. The Hall–Kier alpha value is -2.73. The van der Waals surface area contributed by atoms with Crippen molar-refractivity contribution in [2.75, 3.05) is 11.9 Å². The molecule has 0 saturated heterocycles. The van der Waals surface area contributed by atoms with Crippen LogP contribution in [0.15, 0.2) is 42.5 Å². The van der Waals surface area contributed by atoms with Gasteiger partial charge in [0.05, 0.1) is 10.2 Å². The van der Waals surface area contributed by atoms with Crippen molar-refractivity contribution in [3.05, 3.63) is 59.4 Å². The van der Waals surface area contributed by atoms with Gasteiger partial charge in [-0.2, -0.15) is 0 Å². The molecule has 0 atom stereocenters. The van der Waals surface area contributed by atoms with E-state index in [2.05, 4.69) is 15.6 Å². The molecule has 122 valence electrons. The third-order valence-corrected chi connectivity index (χ3v) is 4.24. The van der Waals surface area contributed by atoms with Crippen LogP contribution in [0.3, 0.4) is 0 Å². The first kappa shape index (κ1) is 16.1. The molecular weight excluding hydrogens is 325 g/mol. The van der Waals surface area contributed by atoms with Crippen molar-refractivity contribution in [2.45, 2.75) is 6.92 Å². The average molecular weight is 341 g/mol. The van der Waals surface area contributed by atoms with Crippen molar-refractivity contribution in [1.29, 1.82) is 0 Å². The molecule has 24 heavy (non-hydrogen) atoms. The fourth-order valence-corrected chi connectivity index (χ4v) is 3.08. The number of anilines is 1. The van der Waals surface area contributed by atoms with Crippen LogP contribution in [-0.4, -0.2) is 17.6 Å². The monoisotopic (exact) mass is 341 g/mol. The molecule has 3 aromatic rings. The predicted octanol–water partition coefficient (Wildman–Crippen LogP) is 4.75. The van der Waals surface area contributed by atoms with Gasteiger partial charge in [-0.05, 0) is 42.3 Å². The number of rotatable bonds is 4. The molecule has 2 aromatic carbocycles. The van der Waals surface area contributed by atoms with E-state index in [1.54, 1.807) is 12.1 Å². The number of aromatic nitrogens is 1. The van der Waals surface area contributed by atoms with Crippen LogP contribution in [-0.2, 0) is 0 Å². The highest BCUT2D eigenvalue weighted by atomic mass is 32.1. The second kappa shape index (κ2) is 7.23. The van der Waals surface area contributed by atoms with Gasteiger partial charge in [-0.3, -0.25) is 5.32 Å². The van der Waals surface area contributed by atoms with E-state index in [4.69, 9.17) is 0 Å². The first-order valence-electron chi connectivity index (χ1n) is 7.53. The molecule has 6 heteroatoms. The molecule has 0 fully saturated rings. The Bertz CT molecular complexity index is 887. The molecule has 0 spiro atoms. The van der Waals surface area contributed by atoms with Crippen LogP contribution in [0, 0.1) is 5.82 Å². The molecule has 2 amide bonds. The van der Waals surface area contributed by atoms with Crippen LogP contribution in [0.1, 0.15) is 18.1 Å². The highest BCUT2D eigenvalue weighted by Crippen LogP contribution is 2.27. The number of urea groups is 1. The zero-order valence-electron chi connectivity index (χ0n) is 13.0. The van der Waals surface area contributed by atoms with Gasteiger partial charge >= 0.3 is 6.03 Å². The number of carbonyl (C=O) groups excluding carboxylic acids is 1. The normalized spacial score (nSPS) is 11.1. The van der Waals surface area contributed by atoms with E-state index in [0.717, 1.165) is 21.3 Å². The van der Waals surface area contributed by atoms with Gasteiger partial charge in [-0.15, -0.1) is 0 Å². The van der Waals surface area contributed by atoms with Crippen molar-refractivity contribution in [3.8, 4) is 0 Å². The highest BCUT2D eigenvalue weighted by Gasteiger charge is 2.07. The SMILES string of the molecule is CCNC(=O)Nc1nc2ccc(C=Cc3ccc(F)cc3)cc2s1. The lowest BCUT2D eigenvalue weighted by atomic mass is 10.1. The third kappa shape index (κ3) is 3.97.